The Labute approximate surface area is 485 Å². The van der Waals surface area contributed by atoms with Crippen molar-refractivity contribution in [2.45, 2.75) is 211 Å². The van der Waals surface area contributed by atoms with Gasteiger partial charge in [-0.05, 0) is 149 Å². The second-order valence-corrected chi connectivity index (χ2v) is 24.8. The van der Waals surface area contributed by atoms with Gasteiger partial charge in [0.25, 0.3) is 5.91 Å². The fraction of sp³-hybridized carbons (Fsp3) is 0.606. The van der Waals surface area contributed by atoms with Gasteiger partial charge in [0.15, 0.2) is 5.78 Å². The Balaban J connectivity index is 0.898. The van der Waals surface area contributed by atoms with Gasteiger partial charge in [0.2, 0.25) is 35.4 Å². The smallest absolute Gasteiger partial charge is 0.251 e. The van der Waals surface area contributed by atoms with Crippen LogP contribution in [-0.2, 0) is 41.6 Å². The summed E-state index contributed by atoms with van der Waals surface area (Å²) < 4.78 is 0. The number of ketones is 1. The van der Waals surface area contributed by atoms with Gasteiger partial charge in [-0.3, -0.25) is 38.4 Å². The van der Waals surface area contributed by atoms with Crippen molar-refractivity contribution in [3.05, 3.63) is 106 Å². The molecule has 16 nitrogen and oxygen atoms in total. The number of hydrogen-bond donors (Lipinski definition) is 6. The molecule has 82 heavy (non-hydrogen) atoms. The normalized spacial score (nSPS) is 24.4. The summed E-state index contributed by atoms with van der Waals surface area (Å²) in [5.41, 5.74) is 5.24. The van der Waals surface area contributed by atoms with Gasteiger partial charge >= 0.3 is 0 Å². The number of likely N-dealkylation sites (tertiary alicyclic amines) is 2. The van der Waals surface area contributed by atoms with Gasteiger partial charge in [-0.25, -0.2) is 0 Å². The van der Waals surface area contributed by atoms with Gasteiger partial charge in [-0.1, -0.05) is 126 Å². The van der Waals surface area contributed by atoms with Gasteiger partial charge in [-0.15, -0.1) is 0 Å². The van der Waals surface area contributed by atoms with Crippen molar-refractivity contribution in [1.29, 1.82) is 0 Å². The van der Waals surface area contributed by atoms with E-state index in [0.717, 1.165) is 120 Å². The third-order valence-corrected chi connectivity index (χ3v) is 19.0. The minimum atomic E-state index is -0.899. The highest BCUT2D eigenvalue weighted by molar-refractivity contribution is 6.00. The van der Waals surface area contributed by atoms with Gasteiger partial charge in [0, 0.05) is 42.6 Å². The summed E-state index contributed by atoms with van der Waals surface area (Å²) in [4.78, 5) is 118. The van der Waals surface area contributed by atoms with Gasteiger partial charge < -0.3 is 41.7 Å². The van der Waals surface area contributed by atoms with Crippen LogP contribution in [0.3, 0.4) is 0 Å². The number of likely N-dealkylation sites (N-methyl/N-ethyl adjacent to an activating group) is 1. The number of nitrogens with one attached hydrogen (secondary N) is 6. The number of amides is 7. The maximum absolute atomic E-state index is 15.0. The molecule has 10 atom stereocenters. The van der Waals surface area contributed by atoms with Gasteiger partial charge in [-0.2, -0.15) is 0 Å². The van der Waals surface area contributed by atoms with E-state index in [9.17, 15) is 28.8 Å². The number of aryl methyl sites for hydroxylation is 2. The maximum atomic E-state index is 15.0. The lowest BCUT2D eigenvalue weighted by Gasteiger charge is -2.36. The summed E-state index contributed by atoms with van der Waals surface area (Å²) in [5, 5.41) is 19.1. The summed E-state index contributed by atoms with van der Waals surface area (Å²) in [6.07, 6.45) is 16.4. The molecular formula is C66H90N8O8. The third-order valence-electron chi connectivity index (χ3n) is 19.0. The van der Waals surface area contributed by atoms with Crippen LogP contribution < -0.4 is 31.9 Å². The summed E-state index contributed by atoms with van der Waals surface area (Å²) in [6.45, 7) is 8.47. The van der Waals surface area contributed by atoms with Crippen molar-refractivity contribution in [3.8, 4) is 0 Å². The SMILES string of the molecule is CCC[C@@H](C)C(=O)N[C@H](C(=O)N1C[C@@H](CC(=O)c2ccc(C(=O)N[C@H]3C[C@@H](C(=O)N[C@@H]4CCCc5ccccc54)N(C(=O)[C@@H](NC(=O)[C@H](C)NCC)C4CCCCC4)C3)cc2)C[C@H]1C(=O)N[C@@H]1CCCc2ccccc21)C1CCCCC1. The Morgan fingerprint density at radius 2 is 1.05 bits per heavy atom. The molecule has 442 valence electrons. The number of carbonyl (C=O) groups excluding carboxylic acids is 8. The molecule has 2 heterocycles. The number of hydrogen-bond acceptors (Lipinski definition) is 9. The first-order chi connectivity index (χ1) is 39.7. The Kier molecular flexibility index (Phi) is 20.7. The van der Waals surface area contributed by atoms with Crippen molar-refractivity contribution in [1.82, 2.24) is 41.7 Å². The highest BCUT2D eigenvalue weighted by Crippen LogP contribution is 2.36. The molecule has 2 saturated heterocycles. The van der Waals surface area contributed by atoms with Crippen LogP contribution in [0.15, 0.2) is 72.8 Å². The molecule has 3 aromatic rings. The van der Waals surface area contributed by atoms with Crippen molar-refractivity contribution in [3.63, 3.8) is 0 Å². The van der Waals surface area contributed by atoms with Crippen LogP contribution in [0.4, 0.5) is 0 Å². The van der Waals surface area contributed by atoms with Crippen molar-refractivity contribution in [2.75, 3.05) is 19.6 Å². The molecule has 6 aliphatic rings. The van der Waals surface area contributed by atoms with Crippen molar-refractivity contribution >= 4 is 47.1 Å². The topological polar surface area (TPSA) is 215 Å². The fourth-order valence-corrected chi connectivity index (χ4v) is 14.4. The highest BCUT2D eigenvalue weighted by atomic mass is 16.2. The molecule has 6 N–H and O–H groups in total. The zero-order chi connectivity index (χ0) is 57.9. The van der Waals surface area contributed by atoms with Crippen LogP contribution in [-0.4, -0.2) is 113 Å². The molecule has 4 aliphatic carbocycles. The second-order valence-electron chi connectivity index (χ2n) is 24.8. The fourth-order valence-electron chi connectivity index (χ4n) is 14.4. The van der Waals surface area contributed by atoms with Crippen molar-refractivity contribution < 1.29 is 38.4 Å². The molecular weight excluding hydrogens is 1030 g/mol. The number of benzene rings is 3. The predicted octanol–water partition coefficient (Wildman–Crippen LogP) is 8.13. The number of fused-ring (bicyclic) bond motifs is 2. The Morgan fingerprint density at radius 3 is 1.59 bits per heavy atom. The van der Waals surface area contributed by atoms with Crippen LogP contribution >= 0.6 is 0 Å². The Morgan fingerprint density at radius 1 is 0.549 bits per heavy atom. The maximum Gasteiger partial charge on any atom is 0.251 e. The average molecular weight is 1120 g/mol. The lowest BCUT2D eigenvalue weighted by Crippen LogP contribution is -2.58. The molecule has 0 aromatic heterocycles. The first-order valence-electron chi connectivity index (χ1n) is 31.4. The monoisotopic (exact) mass is 1120 g/mol. The van der Waals surface area contributed by atoms with E-state index < -0.39 is 42.2 Å². The lowest BCUT2D eigenvalue weighted by molar-refractivity contribution is -0.143. The van der Waals surface area contributed by atoms with E-state index >= 15 is 9.59 Å². The number of rotatable bonds is 21. The Bertz CT molecular complexity index is 2570. The van der Waals surface area contributed by atoms with Crippen LogP contribution in [0, 0.1) is 23.7 Å². The molecule has 2 aliphatic heterocycles. The lowest BCUT2D eigenvalue weighted by atomic mass is 9.83. The largest absolute Gasteiger partial charge is 0.347 e. The van der Waals surface area contributed by atoms with E-state index in [-0.39, 0.29) is 109 Å². The molecule has 0 radical (unpaired) electrons. The molecule has 0 spiro atoms. The zero-order valence-corrected chi connectivity index (χ0v) is 49.0. The predicted molar refractivity (Wildman–Crippen MR) is 315 cm³/mol. The molecule has 4 fully saturated rings. The van der Waals surface area contributed by atoms with Crippen molar-refractivity contribution in [2.24, 2.45) is 23.7 Å². The zero-order valence-electron chi connectivity index (χ0n) is 49.0. The van der Waals surface area contributed by atoms with Crippen LogP contribution in [0.2, 0.25) is 0 Å². The molecule has 7 amide bonds. The molecule has 2 saturated carbocycles. The quantitative estimate of drug-likeness (QED) is 0.0568. The highest BCUT2D eigenvalue weighted by Gasteiger charge is 2.47. The summed E-state index contributed by atoms with van der Waals surface area (Å²) in [5.74, 6) is -2.93. The molecule has 3 aromatic carbocycles. The summed E-state index contributed by atoms with van der Waals surface area (Å²) >= 11 is 0. The van der Waals surface area contributed by atoms with E-state index in [2.05, 4.69) is 50.1 Å². The summed E-state index contributed by atoms with van der Waals surface area (Å²) in [7, 11) is 0. The van der Waals surface area contributed by atoms with Gasteiger partial charge in [0.05, 0.1) is 18.1 Å². The molecule has 16 heteroatoms. The summed E-state index contributed by atoms with van der Waals surface area (Å²) in [6, 6.07) is 17.9. The standard InChI is InChI=1S/C66H90N8O8/c1-5-19-41(3)60(76)71-58(47-22-9-7-10-23-47)65(81)73-39-43(36-55(73)63(79)69-53-30-17-26-44-20-13-15-28-51(44)53)37-57(75)46-32-34-49(35-33-46)62(78)68-50-38-56(64(80)70-54-31-18-27-45-21-14-16-29-52(45)54)74(40-50)66(82)59(48-24-11-8-12-25-48)72-61(77)42(4)67-6-2/h13-16,20-21,28-29,32-35,41-43,47-48,50,53-56,58-59,67H,5-12,17-19,22-27,30-31,36-40H2,1-4H3,(H,68,78)(H,69,79)(H,70,80)(H,71,76)(H,72,77)/t41-,42+,43-,50+,53-,54-,55+,56+,58+,59+/m1/s1. The second kappa shape index (κ2) is 28.2. The number of Topliss-reactive ketones (excluding diaryl/α,β-unsaturated/α-hetero) is 1. The molecule has 0 unspecified atom stereocenters. The van der Waals surface area contributed by atoms with Crippen LogP contribution in [0.5, 0.6) is 0 Å². The van der Waals surface area contributed by atoms with E-state index in [1.807, 2.05) is 51.1 Å². The molecule has 0 bridgehead atoms. The Hall–Kier alpha value is -6.42. The van der Waals surface area contributed by atoms with E-state index in [4.69, 9.17) is 0 Å². The van der Waals surface area contributed by atoms with Gasteiger partial charge in [0.1, 0.15) is 24.2 Å². The van der Waals surface area contributed by atoms with E-state index in [1.54, 1.807) is 41.0 Å². The van der Waals surface area contributed by atoms with Crippen LogP contribution in [0.25, 0.3) is 0 Å². The number of nitrogens with zero attached hydrogens (tertiary/aromatic N) is 2. The minimum absolute atomic E-state index is 0.0553. The van der Waals surface area contributed by atoms with E-state index in [0.29, 0.717) is 24.1 Å². The third kappa shape index (κ3) is 14.5. The first kappa shape index (κ1) is 60.2. The van der Waals surface area contributed by atoms with Crippen LogP contribution in [0.1, 0.15) is 205 Å². The molecule has 9 rings (SSSR count). The number of carbonyl (C=O) groups is 8. The first-order valence-corrected chi connectivity index (χ1v) is 31.4. The minimum Gasteiger partial charge on any atom is -0.347 e. The van der Waals surface area contributed by atoms with E-state index in [1.165, 1.54) is 11.1 Å². The average Bonchev–Trinajstić information content (AvgIpc) is 4.21.